The van der Waals surface area contributed by atoms with E-state index in [9.17, 15) is 10.1 Å². The van der Waals surface area contributed by atoms with Crippen molar-refractivity contribution in [2.24, 2.45) is 10.8 Å². The molecular formula is C14H11BrN4O2S. The van der Waals surface area contributed by atoms with Gasteiger partial charge in [-0.15, -0.1) is 0 Å². The molecule has 22 heavy (non-hydrogen) atoms. The summed E-state index contributed by atoms with van der Waals surface area (Å²) >= 11 is 8.14. The van der Waals surface area contributed by atoms with Gasteiger partial charge in [0.2, 0.25) is 0 Å². The molecule has 0 saturated carbocycles. The number of nitrogens with zero attached hydrogens (tertiary/aromatic N) is 2. The molecule has 0 saturated heterocycles. The highest BCUT2D eigenvalue weighted by Gasteiger charge is 2.12. The lowest BCUT2D eigenvalue weighted by molar-refractivity contribution is -0.384. The first-order chi connectivity index (χ1) is 10.5. The summed E-state index contributed by atoms with van der Waals surface area (Å²) < 4.78 is 0.860. The Morgan fingerprint density at radius 1 is 1.23 bits per heavy atom. The molecule has 2 aromatic rings. The van der Waals surface area contributed by atoms with Crippen LogP contribution in [0.1, 0.15) is 11.1 Å². The molecule has 0 bridgehead atoms. The van der Waals surface area contributed by atoms with Gasteiger partial charge in [-0.1, -0.05) is 40.2 Å². The third kappa shape index (κ3) is 4.09. The minimum atomic E-state index is -0.455. The van der Waals surface area contributed by atoms with Crippen LogP contribution in [0.5, 0.6) is 0 Å². The normalized spacial score (nSPS) is 11.0. The quantitative estimate of drug-likeness (QED) is 0.369. The Morgan fingerprint density at radius 3 is 2.45 bits per heavy atom. The van der Waals surface area contributed by atoms with Crippen LogP contribution >= 0.6 is 28.1 Å². The fraction of sp³-hybridized carbons (Fsp3) is 0. The van der Waals surface area contributed by atoms with E-state index in [1.54, 1.807) is 12.1 Å². The third-order valence-corrected chi connectivity index (χ3v) is 3.29. The molecule has 3 N–H and O–H groups in total. The molecule has 0 fully saturated rings. The minimum absolute atomic E-state index is 0.0120. The summed E-state index contributed by atoms with van der Waals surface area (Å²) in [5.41, 5.74) is 9.75. The van der Waals surface area contributed by atoms with Gasteiger partial charge >= 0.3 is 0 Å². The highest BCUT2D eigenvalue weighted by atomic mass is 79.9. The average molecular weight is 379 g/mol. The first kappa shape index (κ1) is 16.1. The van der Waals surface area contributed by atoms with Crippen LogP contribution in [0.15, 0.2) is 58.1 Å². The van der Waals surface area contributed by atoms with Crippen molar-refractivity contribution in [3.8, 4) is 0 Å². The van der Waals surface area contributed by atoms with Crippen molar-refractivity contribution >= 4 is 44.7 Å². The highest BCUT2D eigenvalue weighted by Crippen LogP contribution is 2.19. The van der Waals surface area contributed by atoms with E-state index in [2.05, 4.69) is 26.5 Å². The number of hydrogen-bond donors (Lipinski definition) is 2. The molecule has 0 heterocycles. The average Bonchev–Trinajstić information content (AvgIpc) is 2.47. The lowest BCUT2D eigenvalue weighted by Crippen LogP contribution is -2.26. The maximum Gasteiger partial charge on any atom is 0.270 e. The molecule has 0 unspecified atom stereocenters. The standard InChI is InChI=1S/C14H11BrN4O2S/c15-11-5-1-3-9(7-11)13(17-18-14(16)22)10-4-2-6-12(8-10)19(20)21/h1-8H,(H3,16,18,22). The maximum atomic E-state index is 10.9. The summed E-state index contributed by atoms with van der Waals surface area (Å²) in [5.74, 6) is 0. The maximum absolute atomic E-state index is 10.9. The van der Waals surface area contributed by atoms with Crippen molar-refractivity contribution in [2.45, 2.75) is 0 Å². The molecule has 0 atom stereocenters. The van der Waals surface area contributed by atoms with E-state index < -0.39 is 4.92 Å². The fourth-order valence-electron chi connectivity index (χ4n) is 1.81. The van der Waals surface area contributed by atoms with Crippen molar-refractivity contribution in [2.75, 3.05) is 0 Å². The number of rotatable bonds is 4. The van der Waals surface area contributed by atoms with Crippen molar-refractivity contribution in [1.82, 2.24) is 5.43 Å². The number of non-ortho nitro benzene ring substituents is 1. The Labute approximate surface area is 140 Å². The second kappa shape index (κ2) is 7.10. The van der Waals surface area contributed by atoms with Crippen LogP contribution in [0, 0.1) is 10.1 Å². The molecule has 2 rings (SSSR count). The predicted molar refractivity (Wildman–Crippen MR) is 92.8 cm³/mol. The van der Waals surface area contributed by atoms with Crippen molar-refractivity contribution < 1.29 is 4.92 Å². The molecule has 8 heteroatoms. The van der Waals surface area contributed by atoms with Crippen LogP contribution in [0.25, 0.3) is 0 Å². The van der Waals surface area contributed by atoms with Crippen molar-refractivity contribution in [1.29, 1.82) is 0 Å². The number of thiocarbonyl (C=S) groups is 1. The second-order valence-corrected chi connectivity index (χ2v) is 5.61. The van der Waals surface area contributed by atoms with Gasteiger partial charge in [-0.3, -0.25) is 15.5 Å². The molecule has 0 aromatic heterocycles. The number of hydrazone groups is 1. The van der Waals surface area contributed by atoms with Gasteiger partial charge in [-0.2, -0.15) is 5.10 Å². The molecule has 0 spiro atoms. The SMILES string of the molecule is NC(=S)NN=C(c1cccc(Br)c1)c1cccc([N+](=O)[O-])c1. The van der Waals surface area contributed by atoms with E-state index in [4.69, 9.17) is 18.0 Å². The van der Waals surface area contributed by atoms with Gasteiger partial charge < -0.3 is 5.73 Å². The van der Waals surface area contributed by atoms with Crippen LogP contribution in [0.4, 0.5) is 5.69 Å². The number of benzene rings is 2. The minimum Gasteiger partial charge on any atom is -0.375 e. The highest BCUT2D eigenvalue weighted by molar-refractivity contribution is 9.10. The first-order valence-corrected chi connectivity index (χ1v) is 7.31. The molecule has 0 aliphatic carbocycles. The van der Waals surface area contributed by atoms with Gasteiger partial charge in [-0.05, 0) is 24.4 Å². The summed E-state index contributed by atoms with van der Waals surface area (Å²) in [7, 11) is 0. The topological polar surface area (TPSA) is 93.5 Å². The van der Waals surface area contributed by atoms with Gasteiger partial charge in [0.15, 0.2) is 5.11 Å². The van der Waals surface area contributed by atoms with E-state index in [1.165, 1.54) is 12.1 Å². The Bertz CT molecular complexity index is 764. The molecular weight excluding hydrogens is 368 g/mol. The molecule has 2 aromatic carbocycles. The number of nitrogens with one attached hydrogen (secondary N) is 1. The number of nitro benzene ring substituents is 1. The first-order valence-electron chi connectivity index (χ1n) is 6.11. The van der Waals surface area contributed by atoms with Crippen LogP contribution in [-0.4, -0.2) is 15.7 Å². The van der Waals surface area contributed by atoms with E-state index in [-0.39, 0.29) is 10.8 Å². The summed E-state index contributed by atoms with van der Waals surface area (Å²) in [6.45, 7) is 0. The summed E-state index contributed by atoms with van der Waals surface area (Å²) in [6.07, 6.45) is 0. The fourth-order valence-corrected chi connectivity index (χ4v) is 2.25. The third-order valence-electron chi connectivity index (χ3n) is 2.71. The predicted octanol–water partition coefficient (Wildman–Crippen LogP) is 2.94. The van der Waals surface area contributed by atoms with Crippen molar-refractivity contribution in [3.63, 3.8) is 0 Å². The summed E-state index contributed by atoms with van der Waals surface area (Å²) in [4.78, 5) is 10.5. The lowest BCUT2D eigenvalue weighted by atomic mass is 10.0. The molecule has 0 radical (unpaired) electrons. The van der Waals surface area contributed by atoms with Crippen LogP contribution in [0.2, 0.25) is 0 Å². The molecule has 0 aliphatic rings. The largest absolute Gasteiger partial charge is 0.375 e. The van der Waals surface area contributed by atoms with Gasteiger partial charge in [0, 0.05) is 27.7 Å². The lowest BCUT2D eigenvalue weighted by Gasteiger charge is -2.08. The Hall–Kier alpha value is -2.32. The van der Waals surface area contributed by atoms with Gasteiger partial charge in [-0.25, -0.2) is 0 Å². The van der Waals surface area contributed by atoms with Crippen molar-refractivity contribution in [3.05, 3.63) is 74.2 Å². The van der Waals surface area contributed by atoms with E-state index in [1.807, 2.05) is 24.3 Å². The number of nitro groups is 1. The monoisotopic (exact) mass is 378 g/mol. The van der Waals surface area contributed by atoms with Crippen LogP contribution in [0.3, 0.4) is 0 Å². The Balaban J connectivity index is 2.54. The van der Waals surface area contributed by atoms with Crippen LogP contribution < -0.4 is 11.2 Å². The van der Waals surface area contributed by atoms with E-state index in [0.29, 0.717) is 11.3 Å². The zero-order chi connectivity index (χ0) is 16.1. The number of halogens is 1. The second-order valence-electron chi connectivity index (χ2n) is 4.25. The van der Waals surface area contributed by atoms with E-state index >= 15 is 0 Å². The summed E-state index contributed by atoms with van der Waals surface area (Å²) in [6, 6.07) is 13.6. The van der Waals surface area contributed by atoms with Crippen LogP contribution in [-0.2, 0) is 0 Å². The Kier molecular flexibility index (Phi) is 5.18. The van der Waals surface area contributed by atoms with Gasteiger partial charge in [0.05, 0.1) is 10.6 Å². The zero-order valence-corrected chi connectivity index (χ0v) is 13.6. The summed E-state index contributed by atoms with van der Waals surface area (Å²) in [5, 5.41) is 15.1. The molecule has 0 aliphatic heterocycles. The number of nitrogens with two attached hydrogens (primary N) is 1. The zero-order valence-electron chi connectivity index (χ0n) is 11.2. The number of hydrogen-bond acceptors (Lipinski definition) is 4. The van der Waals surface area contributed by atoms with Gasteiger partial charge in [0.1, 0.15) is 0 Å². The Morgan fingerprint density at radius 2 is 1.86 bits per heavy atom. The molecule has 0 amide bonds. The van der Waals surface area contributed by atoms with Gasteiger partial charge in [0.25, 0.3) is 5.69 Å². The molecule has 6 nitrogen and oxygen atoms in total. The smallest absolute Gasteiger partial charge is 0.270 e. The molecule has 112 valence electrons. The van der Waals surface area contributed by atoms with E-state index in [0.717, 1.165) is 10.0 Å².